The number of nitrogens with one attached hydrogen (secondary N) is 1. The van der Waals surface area contributed by atoms with Gasteiger partial charge in [0.1, 0.15) is 0 Å². The lowest BCUT2D eigenvalue weighted by molar-refractivity contribution is 0.884. The number of hydrogen-bond acceptors (Lipinski definition) is 2. The molecule has 0 atom stereocenters. The molecular formula is C11H17NS. The third-order valence-corrected chi connectivity index (χ3v) is 2.92. The van der Waals surface area contributed by atoms with Crippen molar-refractivity contribution in [1.82, 2.24) is 5.32 Å². The molecule has 0 fully saturated rings. The van der Waals surface area contributed by atoms with Gasteiger partial charge in [0.05, 0.1) is 0 Å². The zero-order valence-corrected chi connectivity index (χ0v) is 9.59. The van der Waals surface area contributed by atoms with Crippen LogP contribution in [-0.2, 0) is 0 Å². The van der Waals surface area contributed by atoms with Gasteiger partial charge in [-0.15, -0.1) is 11.3 Å². The van der Waals surface area contributed by atoms with Crippen LogP contribution in [0.15, 0.2) is 11.6 Å². The van der Waals surface area contributed by atoms with Crippen LogP contribution in [0, 0.1) is 13.8 Å². The fourth-order valence-electron chi connectivity index (χ4n) is 1.39. The highest BCUT2D eigenvalue weighted by molar-refractivity contribution is 7.12. The van der Waals surface area contributed by atoms with E-state index in [1.54, 1.807) is 0 Å². The van der Waals surface area contributed by atoms with Crippen molar-refractivity contribution < 1.29 is 0 Å². The summed E-state index contributed by atoms with van der Waals surface area (Å²) in [6.45, 7) is 7.45. The molecule has 0 amide bonds. The fourth-order valence-corrected chi connectivity index (χ4v) is 2.29. The van der Waals surface area contributed by atoms with E-state index in [9.17, 15) is 0 Å². The Morgan fingerprint density at radius 3 is 2.69 bits per heavy atom. The molecule has 1 aromatic heterocycles. The van der Waals surface area contributed by atoms with Crippen LogP contribution in [0.4, 0.5) is 0 Å². The predicted molar refractivity (Wildman–Crippen MR) is 61.4 cm³/mol. The summed E-state index contributed by atoms with van der Waals surface area (Å²) in [4.78, 5) is 2.80. The molecule has 0 spiro atoms. The molecule has 1 N–H and O–H groups in total. The van der Waals surface area contributed by atoms with Gasteiger partial charge in [-0.2, -0.15) is 0 Å². The summed E-state index contributed by atoms with van der Waals surface area (Å²) in [5.74, 6) is 0. The Hall–Kier alpha value is -0.600. The highest BCUT2D eigenvalue weighted by atomic mass is 32.1. The normalized spacial score (nSPS) is 12.2. The van der Waals surface area contributed by atoms with Crippen molar-refractivity contribution in [1.29, 1.82) is 0 Å². The van der Waals surface area contributed by atoms with Crippen LogP contribution in [0.3, 0.4) is 0 Å². The quantitative estimate of drug-likeness (QED) is 0.782. The van der Waals surface area contributed by atoms with Crippen molar-refractivity contribution in [2.24, 2.45) is 0 Å². The van der Waals surface area contributed by atoms with Gasteiger partial charge in [-0.05, 0) is 39.4 Å². The molecule has 1 heterocycles. The van der Waals surface area contributed by atoms with E-state index in [4.69, 9.17) is 0 Å². The molecule has 0 aliphatic heterocycles. The summed E-state index contributed by atoms with van der Waals surface area (Å²) in [6, 6.07) is 2.25. The van der Waals surface area contributed by atoms with Gasteiger partial charge in [0.2, 0.25) is 0 Å². The first-order valence-corrected chi connectivity index (χ1v) is 5.34. The third-order valence-electron chi connectivity index (χ3n) is 1.94. The molecule has 72 valence electrons. The second-order valence-electron chi connectivity index (χ2n) is 3.39. The molecule has 0 aromatic carbocycles. The monoisotopic (exact) mass is 195 g/mol. The lowest BCUT2D eigenvalue weighted by atomic mass is 10.1. The van der Waals surface area contributed by atoms with Gasteiger partial charge in [0.15, 0.2) is 0 Å². The molecule has 13 heavy (non-hydrogen) atoms. The molecule has 0 bridgehead atoms. The standard InChI is InChI=1S/C11H17NS/c1-8(7-12-4)5-11-6-9(2)13-10(11)3/h5-6,12H,7H2,1-4H3. The maximum Gasteiger partial charge on any atom is 0.0162 e. The predicted octanol–water partition coefficient (Wildman–Crippen LogP) is 2.99. The van der Waals surface area contributed by atoms with E-state index in [2.05, 4.69) is 38.2 Å². The Morgan fingerprint density at radius 1 is 1.54 bits per heavy atom. The van der Waals surface area contributed by atoms with E-state index in [1.807, 2.05) is 18.4 Å². The number of hydrogen-bond donors (Lipinski definition) is 1. The van der Waals surface area contributed by atoms with Gasteiger partial charge in [-0.1, -0.05) is 11.6 Å². The Bertz CT molecular complexity index is 310. The smallest absolute Gasteiger partial charge is 0.0162 e. The first-order valence-electron chi connectivity index (χ1n) is 4.52. The van der Waals surface area contributed by atoms with Gasteiger partial charge in [0, 0.05) is 16.3 Å². The van der Waals surface area contributed by atoms with Gasteiger partial charge < -0.3 is 5.32 Å². The zero-order valence-electron chi connectivity index (χ0n) is 8.77. The Morgan fingerprint density at radius 2 is 2.23 bits per heavy atom. The van der Waals surface area contributed by atoms with Crippen LogP contribution in [0.25, 0.3) is 6.08 Å². The van der Waals surface area contributed by atoms with Crippen LogP contribution >= 0.6 is 11.3 Å². The van der Waals surface area contributed by atoms with E-state index in [-0.39, 0.29) is 0 Å². The van der Waals surface area contributed by atoms with Crippen LogP contribution < -0.4 is 5.32 Å². The SMILES string of the molecule is CNCC(C)=Cc1cc(C)sc1C. The topological polar surface area (TPSA) is 12.0 Å². The lowest BCUT2D eigenvalue weighted by Gasteiger charge is -1.98. The molecule has 0 aliphatic carbocycles. The minimum Gasteiger partial charge on any atom is -0.316 e. The molecule has 1 aromatic rings. The van der Waals surface area contributed by atoms with Crippen LogP contribution in [0.1, 0.15) is 22.2 Å². The second-order valence-corrected chi connectivity index (χ2v) is 4.85. The van der Waals surface area contributed by atoms with E-state index < -0.39 is 0 Å². The summed E-state index contributed by atoms with van der Waals surface area (Å²) < 4.78 is 0. The number of thiophene rings is 1. The van der Waals surface area contributed by atoms with Crippen LogP contribution in [0.2, 0.25) is 0 Å². The molecule has 1 nitrogen and oxygen atoms in total. The lowest BCUT2D eigenvalue weighted by Crippen LogP contribution is -2.08. The summed E-state index contributed by atoms with van der Waals surface area (Å²) in [5.41, 5.74) is 2.75. The van der Waals surface area contributed by atoms with E-state index in [0.29, 0.717) is 0 Å². The Balaban J connectivity index is 2.83. The average molecular weight is 195 g/mol. The highest BCUT2D eigenvalue weighted by Gasteiger charge is 1.99. The summed E-state index contributed by atoms with van der Waals surface area (Å²) in [5, 5.41) is 3.15. The summed E-state index contributed by atoms with van der Waals surface area (Å²) in [6.07, 6.45) is 2.26. The maximum atomic E-state index is 3.15. The molecule has 0 radical (unpaired) electrons. The summed E-state index contributed by atoms with van der Waals surface area (Å²) >= 11 is 1.86. The first-order chi connectivity index (χ1) is 6.13. The molecule has 0 saturated carbocycles. The largest absolute Gasteiger partial charge is 0.316 e. The van der Waals surface area contributed by atoms with Gasteiger partial charge in [0.25, 0.3) is 0 Å². The van der Waals surface area contributed by atoms with Gasteiger partial charge >= 0.3 is 0 Å². The number of rotatable bonds is 3. The number of likely N-dealkylation sites (N-methyl/N-ethyl adjacent to an activating group) is 1. The average Bonchev–Trinajstić information content (AvgIpc) is 2.30. The van der Waals surface area contributed by atoms with Crippen LogP contribution in [0.5, 0.6) is 0 Å². The maximum absolute atomic E-state index is 3.15. The Kier molecular flexibility index (Phi) is 3.70. The van der Waals surface area contributed by atoms with E-state index in [1.165, 1.54) is 20.9 Å². The highest BCUT2D eigenvalue weighted by Crippen LogP contribution is 2.22. The number of aryl methyl sites for hydroxylation is 2. The second kappa shape index (κ2) is 4.58. The van der Waals surface area contributed by atoms with E-state index >= 15 is 0 Å². The van der Waals surface area contributed by atoms with Crippen molar-refractivity contribution in [3.05, 3.63) is 27.0 Å². The van der Waals surface area contributed by atoms with Gasteiger partial charge in [-0.25, -0.2) is 0 Å². The third kappa shape index (κ3) is 2.98. The van der Waals surface area contributed by atoms with Gasteiger partial charge in [-0.3, -0.25) is 0 Å². The van der Waals surface area contributed by atoms with Crippen molar-refractivity contribution in [2.45, 2.75) is 20.8 Å². The van der Waals surface area contributed by atoms with Crippen molar-refractivity contribution in [2.75, 3.05) is 13.6 Å². The first kappa shape index (κ1) is 10.5. The van der Waals surface area contributed by atoms with Crippen LogP contribution in [-0.4, -0.2) is 13.6 Å². The molecular weight excluding hydrogens is 178 g/mol. The van der Waals surface area contributed by atoms with E-state index in [0.717, 1.165) is 6.54 Å². The molecule has 1 rings (SSSR count). The summed E-state index contributed by atoms with van der Waals surface area (Å²) in [7, 11) is 1.98. The minimum absolute atomic E-state index is 0.967. The zero-order chi connectivity index (χ0) is 9.84. The van der Waals surface area contributed by atoms with Crippen molar-refractivity contribution in [3.8, 4) is 0 Å². The Labute approximate surface area is 84.5 Å². The molecule has 0 saturated heterocycles. The molecule has 0 unspecified atom stereocenters. The molecule has 2 heteroatoms. The minimum atomic E-state index is 0.967. The molecule has 0 aliphatic rings. The van der Waals surface area contributed by atoms with Crippen molar-refractivity contribution >= 4 is 17.4 Å². The fraction of sp³-hybridized carbons (Fsp3) is 0.455. The van der Waals surface area contributed by atoms with Crippen molar-refractivity contribution in [3.63, 3.8) is 0 Å².